The Morgan fingerprint density at radius 3 is 2.68 bits per heavy atom. The minimum atomic E-state index is 0.345. The van der Waals surface area contributed by atoms with Crippen LogP contribution in [0.15, 0.2) is 0 Å². The van der Waals surface area contributed by atoms with E-state index in [1.807, 2.05) is 14.2 Å². The first kappa shape index (κ1) is 15.0. The molecule has 7 atom stereocenters. The van der Waals surface area contributed by atoms with Crippen molar-refractivity contribution >= 4 is 5.91 Å². The Balaban J connectivity index is 1.64. The van der Waals surface area contributed by atoms with Crippen LogP contribution in [0.1, 0.15) is 58.3 Å². The van der Waals surface area contributed by atoms with Gasteiger partial charge in [-0.2, -0.15) is 0 Å². The number of carbonyl (C=O) groups is 1. The Labute approximate surface area is 134 Å². The van der Waals surface area contributed by atoms with Crippen molar-refractivity contribution in [2.75, 3.05) is 14.2 Å². The quantitative estimate of drug-likeness (QED) is 0.742. The fourth-order valence-electron chi connectivity index (χ4n) is 7.03. The third-order valence-electron chi connectivity index (χ3n) is 8.08. The third-order valence-corrected chi connectivity index (χ3v) is 8.08. The van der Waals surface area contributed by atoms with Crippen LogP contribution in [0.4, 0.5) is 0 Å². The number of amides is 1. The Hall–Kier alpha value is -0.570. The minimum Gasteiger partial charge on any atom is -0.381 e. The number of hydrogen-bond donors (Lipinski definition) is 0. The van der Waals surface area contributed by atoms with Crippen LogP contribution < -0.4 is 0 Å². The van der Waals surface area contributed by atoms with Crippen LogP contribution in [-0.2, 0) is 9.53 Å². The number of piperidine rings is 1. The molecule has 0 radical (unpaired) electrons. The van der Waals surface area contributed by atoms with Gasteiger partial charge in [0.15, 0.2) is 0 Å². The number of hydrogen-bond acceptors (Lipinski definition) is 2. The lowest BCUT2D eigenvalue weighted by molar-refractivity contribution is -0.157. The lowest BCUT2D eigenvalue weighted by atomic mass is 9.50. The van der Waals surface area contributed by atoms with Crippen LogP contribution in [0.5, 0.6) is 0 Å². The van der Waals surface area contributed by atoms with Gasteiger partial charge in [0.25, 0.3) is 0 Å². The zero-order chi connectivity index (χ0) is 15.5. The van der Waals surface area contributed by atoms with Crippen LogP contribution in [-0.4, -0.2) is 37.1 Å². The topological polar surface area (TPSA) is 29.5 Å². The smallest absolute Gasteiger partial charge is 0.222 e. The maximum Gasteiger partial charge on any atom is 0.222 e. The van der Waals surface area contributed by atoms with Gasteiger partial charge in [0.1, 0.15) is 0 Å². The Kier molecular flexibility index (Phi) is 3.56. The van der Waals surface area contributed by atoms with E-state index in [1.54, 1.807) is 0 Å². The van der Waals surface area contributed by atoms with E-state index in [4.69, 9.17) is 4.74 Å². The zero-order valence-electron chi connectivity index (χ0n) is 14.4. The van der Waals surface area contributed by atoms with Gasteiger partial charge < -0.3 is 9.64 Å². The molecule has 0 N–H and O–H groups in total. The molecule has 4 fully saturated rings. The number of fused-ring (bicyclic) bond motifs is 5. The van der Waals surface area contributed by atoms with Crippen LogP contribution >= 0.6 is 0 Å². The molecule has 3 heteroatoms. The van der Waals surface area contributed by atoms with Gasteiger partial charge in [-0.15, -0.1) is 0 Å². The number of nitrogens with zero attached hydrogens (tertiary/aromatic N) is 1. The molecule has 124 valence electrons. The van der Waals surface area contributed by atoms with Gasteiger partial charge in [-0.3, -0.25) is 4.79 Å². The summed E-state index contributed by atoms with van der Waals surface area (Å²) in [5, 5.41) is 0. The molecule has 1 amide bonds. The van der Waals surface area contributed by atoms with Crippen molar-refractivity contribution in [1.82, 2.24) is 4.90 Å². The molecule has 3 saturated carbocycles. The summed E-state index contributed by atoms with van der Waals surface area (Å²) in [7, 11) is 3.96. The van der Waals surface area contributed by atoms with Crippen LogP contribution in [0.25, 0.3) is 0 Å². The van der Waals surface area contributed by atoms with Gasteiger partial charge in [-0.1, -0.05) is 6.92 Å². The van der Waals surface area contributed by atoms with Crippen molar-refractivity contribution in [3.05, 3.63) is 0 Å². The molecule has 1 heterocycles. The van der Waals surface area contributed by atoms with Gasteiger partial charge in [-0.25, -0.2) is 0 Å². The molecule has 0 aromatic rings. The Bertz CT molecular complexity index is 458. The molecule has 1 aliphatic heterocycles. The highest BCUT2D eigenvalue weighted by atomic mass is 16.5. The van der Waals surface area contributed by atoms with E-state index >= 15 is 0 Å². The molecule has 0 spiro atoms. The van der Waals surface area contributed by atoms with Crippen molar-refractivity contribution in [3.8, 4) is 0 Å². The molecule has 7 unspecified atom stereocenters. The van der Waals surface area contributed by atoms with Crippen molar-refractivity contribution < 1.29 is 9.53 Å². The van der Waals surface area contributed by atoms with Crippen molar-refractivity contribution in [2.24, 2.45) is 29.1 Å². The summed E-state index contributed by atoms with van der Waals surface area (Å²) < 4.78 is 5.87. The normalized spacial score (nSPS) is 51.2. The van der Waals surface area contributed by atoms with Gasteiger partial charge in [-0.05, 0) is 74.0 Å². The summed E-state index contributed by atoms with van der Waals surface area (Å²) >= 11 is 0. The number of likely N-dealkylation sites (tertiary alicyclic amines) is 1. The van der Waals surface area contributed by atoms with Gasteiger partial charge in [0.05, 0.1) is 6.10 Å². The number of rotatable bonds is 1. The Morgan fingerprint density at radius 1 is 1.14 bits per heavy atom. The largest absolute Gasteiger partial charge is 0.381 e. The fraction of sp³-hybridized carbons (Fsp3) is 0.947. The minimum absolute atomic E-state index is 0.345. The fourth-order valence-corrected chi connectivity index (χ4v) is 7.03. The number of ether oxygens (including phenoxy) is 1. The predicted octanol–water partition coefficient (Wildman–Crippen LogP) is 3.47. The third kappa shape index (κ3) is 1.93. The number of methoxy groups -OCH3 is 1. The molecule has 22 heavy (non-hydrogen) atoms. The van der Waals surface area contributed by atoms with Crippen LogP contribution in [0, 0.1) is 29.1 Å². The van der Waals surface area contributed by atoms with E-state index in [0.29, 0.717) is 23.5 Å². The van der Waals surface area contributed by atoms with Gasteiger partial charge in [0.2, 0.25) is 5.91 Å². The predicted molar refractivity (Wildman–Crippen MR) is 86.4 cm³/mol. The van der Waals surface area contributed by atoms with Gasteiger partial charge in [0, 0.05) is 26.6 Å². The molecule has 4 aliphatic rings. The molecule has 0 bridgehead atoms. The van der Waals surface area contributed by atoms with Crippen LogP contribution in [0.2, 0.25) is 0 Å². The molecular formula is C19H31NO2. The van der Waals surface area contributed by atoms with E-state index in [9.17, 15) is 4.79 Å². The summed E-state index contributed by atoms with van der Waals surface area (Å²) in [4.78, 5) is 14.2. The van der Waals surface area contributed by atoms with E-state index in [-0.39, 0.29) is 0 Å². The molecule has 3 nitrogen and oxygen atoms in total. The van der Waals surface area contributed by atoms with E-state index in [1.165, 1.54) is 38.5 Å². The molecule has 4 rings (SSSR count). The van der Waals surface area contributed by atoms with Crippen molar-refractivity contribution in [1.29, 1.82) is 0 Å². The monoisotopic (exact) mass is 305 g/mol. The highest BCUT2D eigenvalue weighted by Gasteiger charge is 2.58. The summed E-state index contributed by atoms with van der Waals surface area (Å²) in [6.07, 6.45) is 10.3. The highest BCUT2D eigenvalue weighted by Crippen LogP contribution is 2.61. The molecule has 0 aromatic carbocycles. The van der Waals surface area contributed by atoms with Crippen molar-refractivity contribution in [3.63, 3.8) is 0 Å². The number of carbonyl (C=O) groups excluding carboxylic acids is 1. The van der Waals surface area contributed by atoms with E-state index in [0.717, 1.165) is 36.5 Å². The van der Waals surface area contributed by atoms with E-state index < -0.39 is 0 Å². The lowest BCUT2D eigenvalue weighted by Gasteiger charge is -2.60. The molecule has 1 saturated heterocycles. The maximum absolute atomic E-state index is 12.1. The summed E-state index contributed by atoms with van der Waals surface area (Å²) in [5.74, 6) is 3.72. The van der Waals surface area contributed by atoms with Crippen LogP contribution in [0.3, 0.4) is 0 Å². The first-order valence-electron chi connectivity index (χ1n) is 9.34. The highest BCUT2D eigenvalue weighted by molar-refractivity contribution is 5.77. The summed E-state index contributed by atoms with van der Waals surface area (Å²) in [5.41, 5.74) is 0.345. The molecule has 3 aliphatic carbocycles. The van der Waals surface area contributed by atoms with Gasteiger partial charge >= 0.3 is 0 Å². The second-order valence-electron chi connectivity index (χ2n) is 8.64. The second kappa shape index (κ2) is 5.22. The second-order valence-corrected chi connectivity index (χ2v) is 8.64. The average Bonchev–Trinajstić information content (AvgIpc) is 2.95. The first-order chi connectivity index (χ1) is 10.6. The summed E-state index contributed by atoms with van der Waals surface area (Å²) in [6, 6.07) is 0.481. The van der Waals surface area contributed by atoms with Crippen molar-refractivity contribution in [2.45, 2.75) is 70.4 Å². The first-order valence-corrected chi connectivity index (χ1v) is 9.34. The standard InChI is InChI=1S/C19H31NO2/c1-19-11-10-17(21)20(2)16(19)9-6-13-14(19)7-4-12-5-8-15(22-3)18(12)13/h12-16,18H,4-11H2,1-3H3. The molecular weight excluding hydrogens is 274 g/mol. The SMILES string of the molecule is COC1CCC2CCC3C(CCC4N(C)C(=O)CCC34C)C21. The lowest BCUT2D eigenvalue weighted by Crippen LogP contribution is -2.60. The molecule has 0 aromatic heterocycles. The van der Waals surface area contributed by atoms with E-state index in [2.05, 4.69) is 11.8 Å². The summed E-state index contributed by atoms with van der Waals surface area (Å²) in [6.45, 7) is 2.49. The Morgan fingerprint density at radius 2 is 1.91 bits per heavy atom. The average molecular weight is 305 g/mol. The maximum atomic E-state index is 12.1. The zero-order valence-corrected chi connectivity index (χ0v) is 14.4.